The van der Waals surface area contributed by atoms with E-state index in [0.717, 1.165) is 10.9 Å². The number of carbonyl (C=O) groups excluding carboxylic acids is 1. The minimum atomic E-state index is -0.931. The van der Waals surface area contributed by atoms with E-state index < -0.39 is 11.9 Å². The summed E-state index contributed by atoms with van der Waals surface area (Å²) in [5, 5.41) is 12.2. The highest BCUT2D eigenvalue weighted by atomic mass is 16.4. The van der Waals surface area contributed by atoms with Gasteiger partial charge < -0.3 is 10.4 Å². The van der Waals surface area contributed by atoms with Gasteiger partial charge in [-0.1, -0.05) is 25.1 Å². The molecule has 1 atom stereocenters. The second-order valence-corrected chi connectivity index (χ2v) is 4.32. The van der Waals surface area contributed by atoms with Gasteiger partial charge in [0.1, 0.15) is 0 Å². The third-order valence-corrected chi connectivity index (χ3v) is 2.88. The molecule has 19 heavy (non-hydrogen) atoms. The lowest BCUT2D eigenvalue weighted by molar-refractivity contribution is -0.140. The Hall–Kier alpha value is -2.43. The fraction of sp³-hybridized carbons (Fsp3) is 0.214. The van der Waals surface area contributed by atoms with Crippen molar-refractivity contribution < 1.29 is 14.7 Å². The van der Waals surface area contributed by atoms with E-state index in [1.165, 1.54) is 0 Å². The van der Waals surface area contributed by atoms with Crippen molar-refractivity contribution in [1.82, 2.24) is 10.3 Å². The molecule has 2 rings (SSSR count). The van der Waals surface area contributed by atoms with Crippen LogP contribution in [0.15, 0.2) is 36.5 Å². The number of pyridine rings is 1. The summed E-state index contributed by atoms with van der Waals surface area (Å²) < 4.78 is 0. The number of fused-ring (bicyclic) bond motifs is 1. The zero-order valence-electron chi connectivity index (χ0n) is 10.5. The zero-order valence-corrected chi connectivity index (χ0v) is 10.5. The van der Waals surface area contributed by atoms with Crippen molar-refractivity contribution in [2.75, 3.05) is 6.54 Å². The molecule has 98 valence electrons. The van der Waals surface area contributed by atoms with Crippen molar-refractivity contribution in [1.29, 1.82) is 0 Å². The van der Waals surface area contributed by atoms with Crippen LogP contribution in [0.1, 0.15) is 17.3 Å². The number of benzene rings is 1. The van der Waals surface area contributed by atoms with Gasteiger partial charge in [-0.05, 0) is 12.1 Å². The Bertz CT molecular complexity index is 620. The molecule has 0 aliphatic rings. The van der Waals surface area contributed by atoms with Crippen LogP contribution in [0.5, 0.6) is 0 Å². The van der Waals surface area contributed by atoms with Crippen LogP contribution in [0.2, 0.25) is 0 Å². The third kappa shape index (κ3) is 2.88. The molecule has 0 saturated carbocycles. The highest BCUT2D eigenvalue weighted by Gasteiger charge is 2.14. The van der Waals surface area contributed by atoms with Gasteiger partial charge in [-0.15, -0.1) is 0 Å². The van der Waals surface area contributed by atoms with Gasteiger partial charge in [0.25, 0.3) is 5.91 Å². The molecule has 1 heterocycles. The van der Waals surface area contributed by atoms with E-state index in [9.17, 15) is 9.59 Å². The third-order valence-electron chi connectivity index (χ3n) is 2.88. The molecule has 1 aromatic carbocycles. The minimum Gasteiger partial charge on any atom is -0.481 e. The van der Waals surface area contributed by atoms with Crippen LogP contribution in [0, 0.1) is 5.92 Å². The van der Waals surface area contributed by atoms with Crippen molar-refractivity contribution in [3.8, 4) is 0 Å². The summed E-state index contributed by atoms with van der Waals surface area (Å²) in [6.07, 6.45) is 1.57. The van der Waals surface area contributed by atoms with Crippen molar-refractivity contribution in [2.24, 2.45) is 5.92 Å². The summed E-state index contributed by atoms with van der Waals surface area (Å²) in [5.41, 5.74) is 1.24. The van der Waals surface area contributed by atoms with Crippen molar-refractivity contribution >= 4 is 22.8 Å². The topological polar surface area (TPSA) is 79.3 Å². The molecule has 2 N–H and O–H groups in total. The van der Waals surface area contributed by atoms with E-state index >= 15 is 0 Å². The average molecular weight is 258 g/mol. The number of hydrogen-bond donors (Lipinski definition) is 2. The maximum Gasteiger partial charge on any atom is 0.308 e. The van der Waals surface area contributed by atoms with E-state index in [1.54, 1.807) is 19.2 Å². The fourth-order valence-electron chi connectivity index (χ4n) is 1.72. The predicted molar refractivity (Wildman–Crippen MR) is 70.9 cm³/mol. The summed E-state index contributed by atoms with van der Waals surface area (Å²) in [7, 11) is 0. The fourth-order valence-corrected chi connectivity index (χ4v) is 1.72. The van der Waals surface area contributed by atoms with Crippen LogP contribution >= 0.6 is 0 Å². The molecule has 5 heteroatoms. The first kappa shape index (κ1) is 13.0. The number of carboxylic acids is 1. The van der Waals surface area contributed by atoms with E-state index in [4.69, 9.17) is 5.11 Å². The van der Waals surface area contributed by atoms with Crippen LogP contribution in [0.4, 0.5) is 0 Å². The molecule has 0 saturated heterocycles. The molecule has 1 unspecified atom stereocenters. The Balaban J connectivity index is 2.20. The SMILES string of the molecule is CC(CNC(=O)c1ccnc2ccccc12)C(=O)O. The van der Waals surface area contributed by atoms with Crippen molar-refractivity contribution in [2.45, 2.75) is 6.92 Å². The number of carbonyl (C=O) groups is 2. The summed E-state index contributed by atoms with van der Waals surface area (Å²) in [6.45, 7) is 1.65. The van der Waals surface area contributed by atoms with Crippen molar-refractivity contribution in [3.05, 3.63) is 42.1 Å². The first-order chi connectivity index (χ1) is 9.09. The Kier molecular flexibility index (Phi) is 3.75. The first-order valence-electron chi connectivity index (χ1n) is 5.94. The zero-order chi connectivity index (χ0) is 13.8. The van der Waals surface area contributed by atoms with E-state index in [-0.39, 0.29) is 12.5 Å². The second kappa shape index (κ2) is 5.48. The van der Waals surface area contributed by atoms with E-state index in [0.29, 0.717) is 5.56 Å². The summed E-state index contributed by atoms with van der Waals surface area (Å²) in [4.78, 5) is 26.9. The normalized spacial score (nSPS) is 12.1. The van der Waals surface area contributed by atoms with Crippen LogP contribution < -0.4 is 5.32 Å². The van der Waals surface area contributed by atoms with Gasteiger partial charge in [0.05, 0.1) is 17.0 Å². The number of nitrogens with one attached hydrogen (secondary N) is 1. The summed E-state index contributed by atoms with van der Waals surface area (Å²) >= 11 is 0. The average Bonchev–Trinajstić information content (AvgIpc) is 2.43. The number of nitrogens with zero attached hydrogens (tertiary/aromatic N) is 1. The Morgan fingerprint density at radius 3 is 2.79 bits per heavy atom. The maximum atomic E-state index is 12.1. The lowest BCUT2D eigenvalue weighted by atomic mass is 10.1. The molecular weight excluding hydrogens is 244 g/mol. The highest BCUT2D eigenvalue weighted by molar-refractivity contribution is 6.06. The summed E-state index contributed by atoms with van der Waals surface area (Å²) in [6, 6.07) is 8.96. The smallest absolute Gasteiger partial charge is 0.308 e. The van der Waals surface area contributed by atoms with Crippen LogP contribution in [-0.2, 0) is 4.79 Å². The number of aliphatic carboxylic acids is 1. The number of rotatable bonds is 4. The Labute approximate surface area is 110 Å². The van der Waals surface area contributed by atoms with Crippen LogP contribution in [0.3, 0.4) is 0 Å². The molecule has 0 bridgehead atoms. The van der Waals surface area contributed by atoms with Gasteiger partial charge in [-0.3, -0.25) is 14.6 Å². The molecule has 2 aromatic rings. The predicted octanol–water partition coefficient (Wildman–Crippen LogP) is 1.69. The van der Waals surface area contributed by atoms with Crippen LogP contribution in [-0.4, -0.2) is 28.5 Å². The molecule has 0 aliphatic heterocycles. The van der Waals surface area contributed by atoms with Gasteiger partial charge in [0, 0.05) is 18.1 Å². The van der Waals surface area contributed by atoms with Gasteiger partial charge in [0.15, 0.2) is 0 Å². The lowest BCUT2D eigenvalue weighted by Crippen LogP contribution is -2.31. The molecule has 0 aliphatic carbocycles. The number of amides is 1. The largest absolute Gasteiger partial charge is 0.481 e. The molecule has 1 amide bonds. The second-order valence-electron chi connectivity index (χ2n) is 4.32. The maximum absolute atomic E-state index is 12.1. The molecule has 0 spiro atoms. The number of hydrogen-bond acceptors (Lipinski definition) is 3. The lowest BCUT2D eigenvalue weighted by Gasteiger charge is -2.09. The van der Waals surface area contributed by atoms with Crippen molar-refractivity contribution in [3.63, 3.8) is 0 Å². The molecule has 0 radical (unpaired) electrons. The van der Waals surface area contributed by atoms with Gasteiger partial charge in [-0.2, -0.15) is 0 Å². The van der Waals surface area contributed by atoms with Gasteiger partial charge >= 0.3 is 5.97 Å². The molecule has 5 nitrogen and oxygen atoms in total. The molecule has 1 aromatic heterocycles. The highest BCUT2D eigenvalue weighted by Crippen LogP contribution is 2.15. The number of aromatic nitrogens is 1. The monoisotopic (exact) mass is 258 g/mol. The standard InChI is InChI=1S/C14H14N2O3/c1-9(14(18)19)8-16-13(17)11-6-7-15-12-5-3-2-4-10(11)12/h2-7,9H,8H2,1H3,(H,16,17)(H,18,19). The molecular formula is C14H14N2O3. The Morgan fingerprint density at radius 1 is 1.32 bits per heavy atom. The number of para-hydroxylation sites is 1. The van der Waals surface area contributed by atoms with Crippen LogP contribution in [0.25, 0.3) is 10.9 Å². The Morgan fingerprint density at radius 2 is 2.05 bits per heavy atom. The number of carboxylic acid groups (broad SMARTS) is 1. The van der Waals surface area contributed by atoms with Gasteiger partial charge in [-0.25, -0.2) is 0 Å². The quantitative estimate of drug-likeness (QED) is 0.874. The van der Waals surface area contributed by atoms with E-state index in [2.05, 4.69) is 10.3 Å². The summed E-state index contributed by atoms with van der Waals surface area (Å²) in [5.74, 6) is -1.83. The molecule has 0 fully saturated rings. The first-order valence-corrected chi connectivity index (χ1v) is 5.94. The van der Waals surface area contributed by atoms with E-state index in [1.807, 2.05) is 24.3 Å². The minimum absolute atomic E-state index is 0.102. The van der Waals surface area contributed by atoms with Gasteiger partial charge in [0.2, 0.25) is 0 Å².